The average molecular weight is 1370 g/mol. The Balaban J connectivity index is 5.21. The molecule has 0 bridgehead atoms. The number of rotatable bonds is 71. The third-order valence-electron chi connectivity index (χ3n) is 17.4. The number of unbranched alkanes of at least 4 members (excludes halogenated alkanes) is 36. The van der Waals surface area contributed by atoms with Crippen molar-refractivity contribution in [2.75, 3.05) is 39.6 Å². The summed E-state index contributed by atoms with van der Waals surface area (Å²) in [6.07, 6.45) is 47.4. The molecule has 93 heavy (non-hydrogen) atoms. The number of hydrogen-bond acceptors (Lipinski definition) is 15. The molecule has 552 valence electrons. The van der Waals surface area contributed by atoms with Crippen LogP contribution in [0.4, 0.5) is 0 Å². The van der Waals surface area contributed by atoms with E-state index in [0.717, 1.165) is 114 Å². The van der Waals surface area contributed by atoms with Crippen LogP contribution in [0.1, 0.15) is 370 Å². The number of aliphatic hydroxyl groups excluding tert-OH is 1. The van der Waals surface area contributed by atoms with Gasteiger partial charge >= 0.3 is 39.5 Å². The van der Waals surface area contributed by atoms with Crippen LogP contribution in [0.5, 0.6) is 0 Å². The summed E-state index contributed by atoms with van der Waals surface area (Å²) < 4.78 is 68.4. The summed E-state index contributed by atoms with van der Waals surface area (Å²) in [4.78, 5) is 72.6. The van der Waals surface area contributed by atoms with Gasteiger partial charge in [0.2, 0.25) is 0 Å². The molecule has 0 aromatic heterocycles. The lowest BCUT2D eigenvalue weighted by Gasteiger charge is -2.21. The maximum absolute atomic E-state index is 13.1. The van der Waals surface area contributed by atoms with Crippen molar-refractivity contribution >= 4 is 39.5 Å². The normalized spacial score (nSPS) is 14.5. The second-order valence-electron chi connectivity index (χ2n) is 28.4. The average Bonchev–Trinajstić information content (AvgIpc) is 2.49. The standard InChI is InChI=1S/C74H144O17P2/c1-9-67(8)53-45-37-28-21-18-19-23-30-40-48-56-73(78)90-69(60-84-71(76)54-46-38-29-22-17-15-13-11-10-12-14-16-20-26-34-42-50-64(2)3)62-88-92(80,81)86-58-68(75)59-87-93(82,83)89-63-70(61-85-72(77)55-47-39-33-32-36-44-52-66(6)7)91-74(79)57-49-41-31-25-24-27-35-43-51-65(4)5/h64-70,75H,9-63H2,1-8H3,(H,80,81)(H,82,83)/t67?,68-,69-,70-/m1/s1. The number of carbonyl (C=O) groups excluding carboxylic acids is 4. The summed E-state index contributed by atoms with van der Waals surface area (Å²) in [6, 6.07) is 0. The van der Waals surface area contributed by atoms with Crippen molar-refractivity contribution in [1.29, 1.82) is 0 Å². The first-order chi connectivity index (χ1) is 44.6. The number of phosphoric ester groups is 2. The van der Waals surface area contributed by atoms with Crippen LogP contribution in [0.3, 0.4) is 0 Å². The molecular formula is C74H144O17P2. The van der Waals surface area contributed by atoms with Crippen LogP contribution in [0, 0.1) is 23.7 Å². The summed E-state index contributed by atoms with van der Waals surface area (Å²) >= 11 is 0. The lowest BCUT2D eigenvalue weighted by atomic mass is 9.99. The molecular weight excluding hydrogens is 1220 g/mol. The lowest BCUT2D eigenvalue weighted by Crippen LogP contribution is -2.30. The van der Waals surface area contributed by atoms with E-state index in [0.29, 0.717) is 31.6 Å². The van der Waals surface area contributed by atoms with Crippen LogP contribution in [0.2, 0.25) is 0 Å². The van der Waals surface area contributed by atoms with Gasteiger partial charge in [0.25, 0.3) is 0 Å². The maximum atomic E-state index is 13.1. The Labute approximate surface area is 568 Å². The molecule has 0 fully saturated rings. The van der Waals surface area contributed by atoms with Crippen LogP contribution in [-0.4, -0.2) is 96.7 Å². The fraction of sp³-hybridized carbons (Fsp3) is 0.946. The Morgan fingerprint density at radius 2 is 0.516 bits per heavy atom. The van der Waals surface area contributed by atoms with Crippen molar-refractivity contribution in [2.45, 2.75) is 388 Å². The highest BCUT2D eigenvalue weighted by atomic mass is 31.2. The third-order valence-corrected chi connectivity index (χ3v) is 19.3. The summed E-state index contributed by atoms with van der Waals surface area (Å²) in [5.41, 5.74) is 0. The Hall–Kier alpha value is -1.94. The van der Waals surface area contributed by atoms with Crippen molar-refractivity contribution in [2.24, 2.45) is 23.7 Å². The number of ether oxygens (including phenoxy) is 4. The minimum Gasteiger partial charge on any atom is -0.462 e. The van der Waals surface area contributed by atoms with E-state index >= 15 is 0 Å². The van der Waals surface area contributed by atoms with E-state index < -0.39 is 97.5 Å². The molecule has 0 aliphatic carbocycles. The summed E-state index contributed by atoms with van der Waals surface area (Å²) in [5.74, 6) is 0.886. The van der Waals surface area contributed by atoms with E-state index in [1.807, 2.05) is 0 Å². The number of hydrogen-bond donors (Lipinski definition) is 3. The van der Waals surface area contributed by atoms with Crippen LogP contribution < -0.4 is 0 Å². The molecule has 0 amide bonds. The van der Waals surface area contributed by atoms with E-state index in [1.54, 1.807) is 0 Å². The zero-order chi connectivity index (χ0) is 68.9. The van der Waals surface area contributed by atoms with Crippen LogP contribution in [0.15, 0.2) is 0 Å². The van der Waals surface area contributed by atoms with Crippen LogP contribution in [-0.2, 0) is 65.4 Å². The topological polar surface area (TPSA) is 237 Å². The van der Waals surface area contributed by atoms with E-state index in [1.165, 1.54) is 167 Å². The van der Waals surface area contributed by atoms with Crippen LogP contribution in [0.25, 0.3) is 0 Å². The fourth-order valence-corrected chi connectivity index (χ4v) is 12.7. The third kappa shape index (κ3) is 67.0. The first-order valence-electron chi connectivity index (χ1n) is 38.2. The smallest absolute Gasteiger partial charge is 0.462 e. The Bertz CT molecular complexity index is 1840. The van der Waals surface area contributed by atoms with Gasteiger partial charge in [-0.2, -0.15) is 0 Å². The number of esters is 4. The van der Waals surface area contributed by atoms with Gasteiger partial charge in [0.05, 0.1) is 26.4 Å². The molecule has 3 N–H and O–H groups in total. The molecule has 0 saturated heterocycles. The first-order valence-corrected chi connectivity index (χ1v) is 41.2. The molecule has 19 heteroatoms. The lowest BCUT2D eigenvalue weighted by molar-refractivity contribution is -0.161. The zero-order valence-electron chi connectivity index (χ0n) is 60.9. The molecule has 0 radical (unpaired) electrons. The van der Waals surface area contributed by atoms with E-state index in [4.69, 9.17) is 37.0 Å². The Morgan fingerprint density at radius 3 is 0.763 bits per heavy atom. The molecule has 0 heterocycles. The molecule has 6 atom stereocenters. The molecule has 0 aliphatic heterocycles. The minimum atomic E-state index is -4.96. The van der Waals surface area contributed by atoms with E-state index in [-0.39, 0.29) is 25.7 Å². The summed E-state index contributed by atoms with van der Waals surface area (Å²) in [6.45, 7) is 14.1. The summed E-state index contributed by atoms with van der Waals surface area (Å²) in [7, 11) is -9.91. The monoisotopic (exact) mass is 1370 g/mol. The molecule has 0 saturated carbocycles. The predicted molar refractivity (Wildman–Crippen MR) is 377 cm³/mol. The molecule has 0 aromatic carbocycles. The highest BCUT2D eigenvalue weighted by molar-refractivity contribution is 7.47. The van der Waals surface area contributed by atoms with Crippen molar-refractivity contribution in [3.63, 3.8) is 0 Å². The SMILES string of the molecule is CCC(C)CCCCCCCCCCCCC(=O)O[C@H](COC(=O)CCCCCCCCCCCCCCCCCCC(C)C)COP(=O)(O)OC[C@@H](O)COP(=O)(O)OC[C@@H](COC(=O)CCCCCCCCC(C)C)OC(=O)CCCCCCCCCCC(C)C. The van der Waals surface area contributed by atoms with Gasteiger partial charge in [-0.25, -0.2) is 9.13 Å². The van der Waals surface area contributed by atoms with Gasteiger partial charge in [-0.15, -0.1) is 0 Å². The van der Waals surface area contributed by atoms with Gasteiger partial charge in [-0.05, 0) is 49.4 Å². The molecule has 0 aromatic rings. The first kappa shape index (κ1) is 91.1. The Kier molecular flexibility index (Phi) is 62.2. The molecule has 0 spiro atoms. The zero-order valence-corrected chi connectivity index (χ0v) is 62.7. The van der Waals surface area contributed by atoms with Crippen molar-refractivity contribution < 1.29 is 80.2 Å². The quantitative estimate of drug-likeness (QED) is 0.0222. The van der Waals surface area contributed by atoms with Gasteiger partial charge in [0, 0.05) is 25.7 Å². The predicted octanol–water partition coefficient (Wildman–Crippen LogP) is 21.3. The van der Waals surface area contributed by atoms with Gasteiger partial charge in [0.1, 0.15) is 19.3 Å². The molecule has 17 nitrogen and oxygen atoms in total. The number of phosphoric acid groups is 2. The highest BCUT2D eigenvalue weighted by Gasteiger charge is 2.30. The second kappa shape index (κ2) is 63.5. The maximum Gasteiger partial charge on any atom is 0.472 e. The van der Waals surface area contributed by atoms with E-state index in [9.17, 15) is 43.2 Å². The van der Waals surface area contributed by atoms with Crippen LogP contribution >= 0.6 is 15.6 Å². The fourth-order valence-electron chi connectivity index (χ4n) is 11.2. The minimum absolute atomic E-state index is 0.103. The van der Waals surface area contributed by atoms with Gasteiger partial charge in [-0.1, -0.05) is 319 Å². The van der Waals surface area contributed by atoms with Crippen molar-refractivity contribution in [3.05, 3.63) is 0 Å². The highest BCUT2D eigenvalue weighted by Crippen LogP contribution is 2.45. The Morgan fingerprint density at radius 1 is 0.301 bits per heavy atom. The molecule has 3 unspecified atom stereocenters. The van der Waals surface area contributed by atoms with Gasteiger partial charge in [0.15, 0.2) is 12.2 Å². The molecule has 0 rings (SSSR count). The number of aliphatic hydroxyl groups is 1. The van der Waals surface area contributed by atoms with E-state index in [2.05, 4.69) is 55.4 Å². The number of carbonyl (C=O) groups is 4. The summed E-state index contributed by atoms with van der Waals surface area (Å²) in [5, 5.41) is 10.6. The van der Waals surface area contributed by atoms with Crippen molar-refractivity contribution in [1.82, 2.24) is 0 Å². The van der Waals surface area contributed by atoms with Gasteiger partial charge < -0.3 is 33.8 Å². The van der Waals surface area contributed by atoms with Crippen molar-refractivity contribution in [3.8, 4) is 0 Å². The largest absolute Gasteiger partial charge is 0.472 e. The second-order valence-corrected chi connectivity index (χ2v) is 31.3. The molecule has 0 aliphatic rings. The van der Waals surface area contributed by atoms with Gasteiger partial charge in [-0.3, -0.25) is 37.3 Å².